The molecule has 2 aromatic carbocycles. The van der Waals surface area contributed by atoms with Gasteiger partial charge in [0.05, 0.1) is 24.1 Å². The minimum atomic E-state index is -4.37. The lowest BCUT2D eigenvalue weighted by Gasteiger charge is -2.13. The molecule has 0 aliphatic carbocycles. The van der Waals surface area contributed by atoms with Gasteiger partial charge in [-0.15, -0.1) is 10.2 Å². The van der Waals surface area contributed by atoms with E-state index in [0.717, 1.165) is 17.3 Å². The van der Waals surface area contributed by atoms with E-state index in [9.17, 15) is 13.2 Å². The summed E-state index contributed by atoms with van der Waals surface area (Å²) in [6.45, 7) is -1.12. The Hall–Kier alpha value is -3.07. The maximum Gasteiger partial charge on any atom is 0.406 e. The summed E-state index contributed by atoms with van der Waals surface area (Å²) in [5.74, 6) is 1.03. The van der Waals surface area contributed by atoms with Crippen LogP contribution in [0.4, 0.5) is 13.2 Å². The standard InChI is InChI=1S/C21H17F3N4OS/c22-21(23,24)14-28-17(16-9-5-2-6-10-16)12-25-20(28)30-13-19-27-26-18(29-19)11-15-7-3-1-4-8-15/h1-10,12H,11,13-14H2. The summed E-state index contributed by atoms with van der Waals surface area (Å²) in [6, 6.07) is 18.6. The first-order valence-corrected chi connectivity index (χ1v) is 10.1. The number of aromatic nitrogens is 4. The van der Waals surface area contributed by atoms with Crippen LogP contribution in [0, 0.1) is 0 Å². The Morgan fingerprint density at radius 1 is 0.900 bits per heavy atom. The van der Waals surface area contributed by atoms with Gasteiger partial charge in [-0.25, -0.2) is 4.98 Å². The molecule has 2 aromatic heterocycles. The molecule has 4 rings (SSSR count). The Bertz CT molecular complexity index is 1090. The average Bonchev–Trinajstić information content (AvgIpc) is 3.33. The molecule has 0 fully saturated rings. The first-order chi connectivity index (χ1) is 14.5. The number of alkyl halides is 3. The number of halogens is 3. The monoisotopic (exact) mass is 430 g/mol. The zero-order valence-corrected chi connectivity index (χ0v) is 16.5. The van der Waals surface area contributed by atoms with Crippen molar-refractivity contribution in [2.45, 2.75) is 30.1 Å². The quantitative estimate of drug-likeness (QED) is 0.369. The molecule has 0 spiro atoms. The minimum Gasteiger partial charge on any atom is -0.424 e. The highest BCUT2D eigenvalue weighted by molar-refractivity contribution is 7.98. The van der Waals surface area contributed by atoms with E-state index in [2.05, 4.69) is 15.2 Å². The van der Waals surface area contributed by atoms with Crippen LogP contribution in [0.2, 0.25) is 0 Å². The summed E-state index contributed by atoms with van der Waals surface area (Å²) >= 11 is 1.13. The molecular weight excluding hydrogens is 413 g/mol. The van der Waals surface area contributed by atoms with Crippen molar-refractivity contribution in [3.05, 3.63) is 84.2 Å². The normalized spacial score (nSPS) is 11.7. The maximum atomic E-state index is 13.2. The molecule has 30 heavy (non-hydrogen) atoms. The molecule has 0 aliphatic rings. The number of imidazole rings is 1. The second-order valence-corrected chi connectivity index (χ2v) is 7.48. The Kier molecular flexibility index (Phi) is 5.89. The van der Waals surface area contributed by atoms with Crippen molar-refractivity contribution in [1.29, 1.82) is 0 Å². The molecule has 9 heteroatoms. The first kappa shape index (κ1) is 20.2. The topological polar surface area (TPSA) is 56.7 Å². The van der Waals surface area contributed by atoms with Crippen molar-refractivity contribution in [1.82, 2.24) is 19.7 Å². The Balaban J connectivity index is 1.50. The molecule has 0 N–H and O–H groups in total. The van der Waals surface area contributed by atoms with E-state index in [4.69, 9.17) is 4.42 Å². The van der Waals surface area contributed by atoms with E-state index >= 15 is 0 Å². The molecule has 0 bridgehead atoms. The third-order valence-electron chi connectivity index (χ3n) is 4.26. The lowest BCUT2D eigenvalue weighted by atomic mass is 10.2. The highest BCUT2D eigenvalue weighted by Gasteiger charge is 2.31. The predicted octanol–water partition coefficient (Wildman–Crippen LogP) is 5.38. The van der Waals surface area contributed by atoms with E-state index in [-0.39, 0.29) is 10.9 Å². The second-order valence-electron chi connectivity index (χ2n) is 6.53. The van der Waals surface area contributed by atoms with Gasteiger partial charge in [0, 0.05) is 0 Å². The van der Waals surface area contributed by atoms with Gasteiger partial charge in [0.1, 0.15) is 6.54 Å². The fourth-order valence-corrected chi connectivity index (χ4v) is 3.78. The van der Waals surface area contributed by atoms with Crippen LogP contribution in [0.25, 0.3) is 11.3 Å². The summed E-state index contributed by atoms with van der Waals surface area (Å²) in [5.41, 5.74) is 2.11. The second kappa shape index (κ2) is 8.74. The summed E-state index contributed by atoms with van der Waals surface area (Å²) in [4.78, 5) is 4.20. The third kappa shape index (κ3) is 5.10. The molecule has 0 unspecified atom stereocenters. The predicted molar refractivity (Wildman–Crippen MR) is 107 cm³/mol. The zero-order valence-electron chi connectivity index (χ0n) is 15.7. The smallest absolute Gasteiger partial charge is 0.406 e. The van der Waals surface area contributed by atoms with E-state index in [1.165, 1.54) is 10.8 Å². The molecule has 0 radical (unpaired) electrons. The molecule has 4 aromatic rings. The van der Waals surface area contributed by atoms with Crippen LogP contribution < -0.4 is 0 Å². The van der Waals surface area contributed by atoms with Gasteiger partial charge in [-0.05, 0) is 11.1 Å². The summed E-state index contributed by atoms with van der Waals surface area (Å²) in [6.07, 6.45) is -2.41. The molecule has 0 saturated heterocycles. The lowest BCUT2D eigenvalue weighted by molar-refractivity contribution is -0.141. The number of hydrogen-bond donors (Lipinski definition) is 0. The first-order valence-electron chi connectivity index (χ1n) is 9.13. The molecule has 154 valence electrons. The van der Waals surface area contributed by atoms with Crippen molar-refractivity contribution >= 4 is 11.8 Å². The summed E-state index contributed by atoms with van der Waals surface area (Å²) in [7, 11) is 0. The van der Waals surface area contributed by atoms with Gasteiger partial charge in [0.2, 0.25) is 11.8 Å². The van der Waals surface area contributed by atoms with E-state index in [1.54, 1.807) is 24.3 Å². The van der Waals surface area contributed by atoms with Crippen molar-refractivity contribution in [3.8, 4) is 11.3 Å². The summed E-state index contributed by atoms with van der Waals surface area (Å²) < 4.78 is 46.3. The fourth-order valence-electron chi connectivity index (χ4n) is 2.96. The lowest BCUT2D eigenvalue weighted by Crippen LogP contribution is -2.19. The number of nitrogens with zero attached hydrogens (tertiary/aromatic N) is 4. The van der Waals surface area contributed by atoms with Crippen molar-refractivity contribution in [2.75, 3.05) is 0 Å². The highest BCUT2D eigenvalue weighted by Crippen LogP contribution is 2.31. The number of rotatable bonds is 7. The molecule has 2 heterocycles. The van der Waals surface area contributed by atoms with Gasteiger partial charge in [-0.3, -0.25) is 0 Å². The number of hydrogen-bond acceptors (Lipinski definition) is 5. The Labute approximate surface area is 175 Å². The molecule has 5 nitrogen and oxygen atoms in total. The van der Waals surface area contributed by atoms with Crippen molar-refractivity contribution in [3.63, 3.8) is 0 Å². The Morgan fingerprint density at radius 2 is 1.57 bits per heavy atom. The number of thioether (sulfide) groups is 1. The molecule has 0 amide bonds. The van der Waals surface area contributed by atoms with Gasteiger partial charge >= 0.3 is 6.18 Å². The third-order valence-corrected chi connectivity index (χ3v) is 5.23. The zero-order chi connectivity index (χ0) is 21.0. The summed E-state index contributed by atoms with van der Waals surface area (Å²) in [5, 5.41) is 8.27. The van der Waals surface area contributed by atoms with Gasteiger partial charge < -0.3 is 8.98 Å². The van der Waals surface area contributed by atoms with Crippen molar-refractivity contribution in [2.24, 2.45) is 0 Å². The number of benzene rings is 2. The van der Waals surface area contributed by atoms with Crippen LogP contribution >= 0.6 is 11.8 Å². The highest BCUT2D eigenvalue weighted by atomic mass is 32.2. The molecule has 0 atom stereocenters. The van der Waals surface area contributed by atoms with Gasteiger partial charge in [-0.2, -0.15) is 13.2 Å². The fraction of sp³-hybridized carbons (Fsp3) is 0.190. The van der Waals surface area contributed by atoms with E-state index in [0.29, 0.717) is 29.5 Å². The van der Waals surface area contributed by atoms with Crippen LogP contribution in [-0.4, -0.2) is 25.9 Å². The van der Waals surface area contributed by atoms with Crippen LogP contribution in [0.15, 0.2) is 76.4 Å². The Morgan fingerprint density at radius 3 is 2.27 bits per heavy atom. The molecule has 0 saturated carbocycles. The van der Waals surface area contributed by atoms with Gasteiger partial charge in [0.25, 0.3) is 0 Å². The molecule has 0 aliphatic heterocycles. The minimum absolute atomic E-state index is 0.227. The van der Waals surface area contributed by atoms with Crippen LogP contribution in [-0.2, 0) is 18.7 Å². The SMILES string of the molecule is FC(F)(F)Cn1c(-c2ccccc2)cnc1SCc1nnc(Cc2ccccc2)o1. The maximum absolute atomic E-state index is 13.2. The largest absolute Gasteiger partial charge is 0.424 e. The van der Waals surface area contributed by atoms with Crippen LogP contribution in [0.3, 0.4) is 0 Å². The van der Waals surface area contributed by atoms with Gasteiger partial charge in [0.15, 0.2) is 5.16 Å². The van der Waals surface area contributed by atoms with Crippen LogP contribution in [0.1, 0.15) is 17.3 Å². The van der Waals surface area contributed by atoms with E-state index < -0.39 is 12.7 Å². The van der Waals surface area contributed by atoms with E-state index in [1.807, 2.05) is 36.4 Å². The van der Waals surface area contributed by atoms with Crippen LogP contribution in [0.5, 0.6) is 0 Å². The molecular formula is C21H17F3N4OS. The van der Waals surface area contributed by atoms with Gasteiger partial charge in [-0.1, -0.05) is 72.4 Å². The average molecular weight is 430 g/mol. The van der Waals surface area contributed by atoms with Crippen molar-refractivity contribution < 1.29 is 17.6 Å².